The van der Waals surface area contributed by atoms with Crippen LogP contribution < -0.4 is 11.1 Å². The van der Waals surface area contributed by atoms with Gasteiger partial charge in [0.25, 0.3) is 5.91 Å². The average Bonchev–Trinajstić information content (AvgIpc) is 2.90. The van der Waals surface area contributed by atoms with Crippen molar-refractivity contribution in [1.82, 2.24) is 10.2 Å². The lowest BCUT2D eigenvalue weighted by Gasteiger charge is -2.50. The molecule has 0 spiro atoms. The summed E-state index contributed by atoms with van der Waals surface area (Å²) in [4.78, 5) is 40.7. The number of nitrogens with zero attached hydrogens (tertiary/aromatic N) is 1. The van der Waals surface area contributed by atoms with Crippen LogP contribution in [0.5, 0.6) is 5.75 Å². The van der Waals surface area contributed by atoms with E-state index in [1.807, 2.05) is 0 Å². The first-order valence-electron chi connectivity index (χ1n) is 13.4. The maximum atomic E-state index is 13.9. The molecule has 10 nitrogen and oxygen atoms in total. The first kappa shape index (κ1) is 30.3. The number of likely N-dealkylation sites (N-methyl/N-ethyl adjacent to an activating group) is 1. The van der Waals surface area contributed by atoms with Crippen molar-refractivity contribution < 1.29 is 48.0 Å². The molecular weight excluding hydrogens is 571 g/mol. The number of fused-ring (bicyclic) bond motifs is 3. The minimum absolute atomic E-state index is 0.0145. The van der Waals surface area contributed by atoms with E-state index >= 15 is 0 Å². The van der Waals surface area contributed by atoms with Gasteiger partial charge in [0.05, 0.1) is 18.2 Å². The molecule has 3 aliphatic rings. The van der Waals surface area contributed by atoms with Crippen LogP contribution >= 0.6 is 0 Å². The Morgan fingerprint density at radius 2 is 1.74 bits per heavy atom. The van der Waals surface area contributed by atoms with Crippen LogP contribution in [0, 0.1) is 11.8 Å². The number of benzene rings is 2. The van der Waals surface area contributed by atoms with Crippen LogP contribution in [0.1, 0.15) is 23.1 Å². The lowest BCUT2D eigenvalue weighted by Crippen LogP contribution is -2.65. The highest BCUT2D eigenvalue weighted by atomic mass is 19.4. The van der Waals surface area contributed by atoms with Crippen molar-refractivity contribution in [2.45, 2.75) is 37.2 Å². The molecule has 0 heterocycles. The molecule has 3 aliphatic carbocycles. The van der Waals surface area contributed by atoms with Crippen molar-refractivity contribution in [3.05, 3.63) is 70.0 Å². The lowest BCUT2D eigenvalue weighted by molar-refractivity contribution is -0.153. The van der Waals surface area contributed by atoms with Gasteiger partial charge in [-0.2, -0.15) is 13.2 Å². The molecule has 2 aromatic carbocycles. The van der Waals surface area contributed by atoms with Crippen LogP contribution in [0.3, 0.4) is 0 Å². The lowest BCUT2D eigenvalue weighted by atomic mass is 9.57. The highest BCUT2D eigenvalue weighted by Crippen LogP contribution is 2.53. The Balaban J connectivity index is 1.58. The molecule has 0 aliphatic heterocycles. The molecule has 228 valence electrons. The predicted molar refractivity (Wildman–Crippen MR) is 147 cm³/mol. The van der Waals surface area contributed by atoms with Crippen LogP contribution in [0.25, 0.3) is 16.9 Å². The summed E-state index contributed by atoms with van der Waals surface area (Å²) in [6, 6.07) is 8.41. The zero-order chi connectivity index (χ0) is 31.6. The van der Waals surface area contributed by atoms with Gasteiger partial charge in [0.2, 0.25) is 5.78 Å². The second-order valence-corrected chi connectivity index (χ2v) is 11.4. The van der Waals surface area contributed by atoms with Gasteiger partial charge in [-0.15, -0.1) is 0 Å². The number of primary amides is 1. The molecule has 1 amide bonds. The summed E-state index contributed by atoms with van der Waals surface area (Å²) in [5.74, 6) is -7.31. The second-order valence-electron chi connectivity index (χ2n) is 11.4. The molecule has 43 heavy (non-hydrogen) atoms. The van der Waals surface area contributed by atoms with Gasteiger partial charge in [-0.3, -0.25) is 19.3 Å². The summed E-state index contributed by atoms with van der Waals surface area (Å²) in [7, 11) is 3.04. The molecule has 0 saturated heterocycles. The maximum Gasteiger partial charge on any atom is 0.401 e. The summed E-state index contributed by atoms with van der Waals surface area (Å²) >= 11 is 0. The molecule has 13 heteroatoms. The van der Waals surface area contributed by atoms with Gasteiger partial charge in [0, 0.05) is 18.0 Å². The van der Waals surface area contributed by atoms with Crippen molar-refractivity contribution in [2.24, 2.45) is 17.6 Å². The molecule has 0 aromatic heterocycles. The summed E-state index contributed by atoms with van der Waals surface area (Å²) in [5, 5.41) is 47.1. The van der Waals surface area contributed by atoms with E-state index in [0.717, 1.165) is 0 Å². The van der Waals surface area contributed by atoms with E-state index < -0.39 is 70.8 Å². The molecule has 7 N–H and O–H groups in total. The fourth-order valence-corrected chi connectivity index (χ4v) is 6.67. The number of nitrogens with two attached hydrogens (primary N) is 1. The molecule has 0 unspecified atom stereocenters. The van der Waals surface area contributed by atoms with Gasteiger partial charge < -0.3 is 31.5 Å². The third-order valence-electron chi connectivity index (χ3n) is 8.52. The van der Waals surface area contributed by atoms with Gasteiger partial charge in [-0.1, -0.05) is 30.3 Å². The number of aliphatic hydroxyl groups excluding tert-OH is 2. The fraction of sp³-hybridized carbons (Fsp3) is 0.367. The quantitative estimate of drug-likeness (QED) is 0.272. The van der Waals surface area contributed by atoms with Crippen LogP contribution in [0.4, 0.5) is 13.2 Å². The van der Waals surface area contributed by atoms with Crippen LogP contribution in [0.15, 0.2) is 53.3 Å². The van der Waals surface area contributed by atoms with E-state index in [-0.39, 0.29) is 36.3 Å². The predicted octanol–water partition coefficient (Wildman–Crippen LogP) is 2.28. The van der Waals surface area contributed by atoms with Crippen LogP contribution in [-0.2, 0) is 27.3 Å². The number of hydrogen-bond donors (Lipinski definition) is 6. The topological polar surface area (TPSA) is 173 Å². The van der Waals surface area contributed by atoms with E-state index in [4.69, 9.17) is 5.73 Å². The summed E-state index contributed by atoms with van der Waals surface area (Å²) < 4.78 is 37.4. The Morgan fingerprint density at radius 1 is 1.09 bits per heavy atom. The van der Waals surface area contributed by atoms with Gasteiger partial charge >= 0.3 is 6.18 Å². The summed E-state index contributed by atoms with van der Waals surface area (Å²) in [5.41, 5.74) is 3.72. The smallest absolute Gasteiger partial charge is 0.401 e. The minimum atomic E-state index is -4.34. The molecule has 1 saturated carbocycles. The summed E-state index contributed by atoms with van der Waals surface area (Å²) in [6.45, 7) is -1.15. The van der Waals surface area contributed by atoms with E-state index in [9.17, 15) is 48.0 Å². The fourth-order valence-electron chi connectivity index (χ4n) is 6.67. The number of rotatable bonds is 6. The van der Waals surface area contributed by atoms with Crippen molar-refractivity contribution in [2.75, 3.05) is 20.6 Å². The molecule has 2 aromatic rings. The Bertz CT molecular complexity index is 1600. The number of aromatic hydroxyl groups is 1. The highest BCUT2D eigenvalue weighted by Gasteiger charge is 2.64. The van der Waals surface area contributed by atoms with Crippen molar-refractivity contribution >= 4 is 23.2 Å². The minimum Gasteiger partial charge on any atom is -0.508 e. The zero-order valence-electron chi connectivity index (χ0n) is 23.2. The number of phenols is 1. The molecule has 5 rings (SSSR count). The Kier molecular flexibility index (Phi) is 7.39. The SMILES string of the molecule is CN(C)[C@H]1C(=O)C(C(N)=O)=C(O)[C@]2(O)C(=O)C3=C(O)c4c(O)ccc(-c5ccc(CNCC(F)(F)F)cc5)c4C[C@@H]3C[C@H]12. The number of carbonyl (C=O) groups is 3. The molecule has 4 atom stereocenters. The third kappa shape index (κ3) is 4.86. The number of hydrogen-bond acceptors (Lipinski definition) is 9. The molecular formula is C30H30F3N3O7. The Morgan fingerprint density at radius 3 is 2.33 bits per heavy atom. The van der Waals surface area contributed by atoms with Crippen LogP contribution in [-0.4, -0.2) is 81.3 Å². The third-order valence-corrected chi connectivity index (χ3v) is 8.52. The zero-order valence-corrected chi connectivity index (χ0v) is 23.2. The molecule has 1 fully saturated rings. The molecule has 0 radical (unpaired) electrons. The number of alkyl halides is 3. The monoisotopic (exact) mass is 601 g/mol. The van der Waals surface area contributed by atoms with Gasteiger partial charge in [-0.05, 0) is 61.2 Å². The van der Waals surface area contributed by atoms with Crippen molar-refractivity contribution in [3.63, 3.8) is 0 Å². The number of aliphatic hydroxyl groups is 3. The standard InChI is InChI=1S/C30H30F3N3O7/c1-36(2)23-18-10-15-9-17-16(14-5-3-13(4-6-14)11-35-12-29(31,32)33)7-8-19(37)21(17)24(38)20(15)26(40)30(18,43)27(41)22(25(23)39)28(34)42/h3-8,15,18,23,35,37-38,41,43H,9-12H2,1-2H3,(H2,34,42)/t15-,18-,23-,30-/m1/s1. The Labute approximate surface area is 243 Å². The van der Waals surface area contributed by atoms with Crippen molar-refractivity contribution in [1.29, 1.82) is 0 Å². The van der Waals surface area contributed by atoms with E-state index in [1.165, 1.54) is 25.1 Å². The number of amides is 1. The van der Waals surface area contributed by atoms with E-state index in [0.29, 0.717) is 22.3 Å². The largest absolute Gasteiger partial charge is 0.508 e. The molecule has 0 bridgehead atoms. The Hall–Kier alpha value is -4.20. The first-order chi connectivity index (χ1) is 20.1. The number of halogens is 3. The highest BCUT2D eigenvalue weighted by molar-refractivity contribution is 6.24. The number of phenolic OH excluding ortho intramolecular Hbond substituents is 1. The second kappa shape index (κ2) is 10.5. The average molecular weight is 602 g/mol. The van der Waals surface area contributed by atoms with Crippen LogP contribution in [0.2, 0.25) is 0 Å². The normalized spacial score (nSPS) is 25.5. The number of nitrogens with one attached hydrogen (secondary N) is 1. The maximum absolute atomic E-state index is 13.9. The van der Waals surface area contributed by atoms with E-state index in [1.54, 1.807) is 30.3 Å². The first-order valence-corrected chi connectivity index (χ1v) is 13.4. The van der Waals surface area contributed by atoms with Crippen molar-refractivity contribution in [3.8, 4) is 16.9 Å². The number of ketones is 2. The van der Waals surface area contributed by atoms with Gasteiger partial charge in [0.1, 0.15) is 22.8 Å². The van der Waals surface area contributed by atoms with E-state index in [2.05, 4.69) is 5.32 Å². The number of Topliss-reactive ketones (excluding diaryl/α,β-unsaturated/α-hetero) is 2. The van der Waals surface area contributed by atoms with Gasteiger partial charge in [0.15, 0.2) is 11.4 Å². The number of carbonyl (C=O) groups excluding carboxylic acids is 3. The van der Waals surface area contributed by atoms with Gasteiger partial charge in [-0.25, -0.2) is 0 Å². The summed E-state index contributed by atoms with van der Waals surface area (Å²) in [6.07, 6.45) is -4.29.